The van der Waals surface area contributed by atoms with E-state index in [1.54, 1.807) is 20.0 Å². The van der Waals surface area contributed by atoms with Crippen molar-refractivity contribution in [1.82, 2.24) is 9.88 Å². The number of pyridine rings is 1. The van der Waals surface area contributed by atoms with E-state index in [-0.39, 0.29) is 0 Å². The molecule has 1 N–H and O–H groups in total. The first-order chi connectivity index (χ1) is 8.93. The Bertz CT molecular complexity index is 603. The highest BCUT2D eigenvalue weighted by Crippen LogP contribution is 2.21. The summed E-state index contributed by atoms with van der Waals surface area (Å²) >= 11 is 0. The zero-order valence-corrected chi connectivity index (χ0v) is 11.4. The third-order valence-electron chi connectivity index (χ3n) is 3.62. The highest BCUT2D eigenvalue weighted by molar-refractivity contribution is 5.82. The number of nitrogens with zero attached hydrogens (tertiary/aromatic N) is 2. The van der Waals surface area contributed by atoms with Crippen LogP contribution < -0.4 is 0 Å². The highest BCUT2D eigenvalue weighted by atomic mass is 16.4. The van der Waals surface area contributed by atoms with Gasteiger partial charge in [0, 0.05) is 18.1 Å². The molecule has 4 heteroatoms. The van der Waals surface area contributed by atoms with Gasteiger partial charge < -0.3 is 5.11 Å². The molecule has 2 rings (SSSR count). The van der Waals surface area contributed by atoms with Crippen LogP contribution in [0.4, 0.5) is 0 Å². The summed E-state index contributed by atoms with van der Waals surface area (Å²) in [6, 6.07) is 9.83. The van der Waals surface area contributed by atoms with Crippen molar-refractivity contribution >= 4 is 16.9 Å². The Kier molecular flexibility index (Phi) is 3.53. The van der Waals surface area contributed by atoms with Gasteiger partial charge in [-0.1, -0.05) is 18.2 Å². The number of carbonyl (C=O) groups is 1. The lowest BCUT2D eigenvalue weighted by Crippen LogP contribution is -2.47. The summed E-state index contributed by atoms with van der Waals surface area (Å²) in [5.74, 6) is -0.826. The van der Waals surface area contributed by atoms with Gasteiger partial charge in [-0.15, -0.1) is 0 Å². The van der Waals surface area contributed by atoms with Gasteiger partial charge in [-0.05, 0) is 38.6 Å². The fourth-order valence-corrected chi connectivity index (χ4v) is 1.91. The van der Waals surface area contributed by atoms with Crippen molar-refractivity contribution in [1.29, 1.82) is 0 Å². The summed E-state index contributed by atoms with van der Waals surface area (Å²) in [5, 5.41) is 10.3. The van der Waals surface area contributed by atoms with Crippen LogP contribution in [-0.4, -0.2) is 33.5 Å². The minimum atomic E-state index is -0.898. The molecule has 2 aromatic rings. The molecule has 0 spiro atoms. The van der Waals surface area contributed by atoms with Gasteiger partial charge in [0.15, 0.2) is 0 Å². The van der Waals surface area contributed by atoms with Gasteiger partial charge in [0.1, 0.15) is 5.54 Å². The molecule has 0 unspecified atom stereocenters. The molecule has 0 atom stereocenters. The fourth-order valence-electron chi connectivity index (χ4n) is 1.91. The maximum atomic E-state index is 11.3. The average molecular weight is 258 g/mol. The van der Waals surface area contributed by atoms with E-state index >= 15 is 0 Å². The van der Waals surface area contributed by atoms with Crippen molar-refractivity contribution in [2.45, 2.75) is 25.9 Å². The molecule has 0 aliphatic carbocycles. The number of benzene rings is 1. The fraction of sp³-hybridized carbons (Fsp3) is 0.333. The normalized spacial score (nSPS) is 12.0. The van der Waals surface area contributed by atoms with Crippen molar-refractivity contribution in [3.8, 4) is 0 Å². The largest absolute Gasteiger partial charge is 0.480 e. The number of likely N-dealkylation sites (N-methyl/N-ethyl adjacent to an activating group) is 1. The van der Waals surface area contributed by atoms with Gasteiger partial charge >= 0.3 is 5.97 Å². The standard InChI is InChI=1S/C15H18N2O2/c1-15(2,14(18)19)17(3)10-11-8-9-16-13-7-5-4-6-12(11)13/h4-9H,10H2,1-3H3,(H,18,19). The van der Waals surface area contributed by atoms with Crippen LogP contribution in [0.3, 0.4) is 0 Å². The van der Waals surface area contributed by atoms with Crippen LogP contribution in [0.15, 0.2) is 36.5 Å². The molecule has 1 aromatic carbocycles. The van der Waals surface area contributed by atoms with E-state index in [0.29, 0.717) is 6.54 Å². The minimum Gasteiger partial charge on any atom is -0.480 e. The van der Waals surface area contributed by atoms with Crippen molar-refractivity contribution in [2.24, 2.45) is 0 Å². The molecule has 0 amide bonds. The van der Waals surface area contributed by atoms with E-state index in [9.17, 15) is 9.90 Å². The van der Waals surface area contributed by atoms with Gasteiger partial charge in [0.2, 0.25) is 0 Å². The first-order valence-electron chi connectivity index (χ1n) is 6.20. The highest BCUT2D eigenvalue weighted by Gasteiger charge is 2.32. The number of hydrogen-bond donors (Lipinski definition) is 1. The van der Waals surface area contributed by atoms with E-state index in [1.165, 1.54) is 0 Å². The lowest BCUT2D eigenvalue weighted by atomic mass is 10.0. The molecule has 0 fully saturated rings. The molecule has 19 heavy (non-hydrogen) atoms. The van der Waals surface area contributed by atoms with Gasteiger partial charge in [-0.2, -0.15) is 0 Å². The number of fused-ring (bicyclic) bond motifs is 1. The van der Waals surface area contributed by atoms with Gasteiger partial charge in [-0.3, -0.25) is 14.7 Å². The zero-order valence-electron chi connectivity index (χ0n) is 11.4. The molecule has 0 saturated carbocycles. The molecule has 0 aliphatic rings. The molecule has 1 aromatic heterocycles. The second-order valence-corrected chi connectivity index (χ2v) is 5.21. The van der Waals surface area contributed by atoms with Gasteiger partial charge in [-0.25, -0.2) is 0 Å². The predicted molar refractivity (Wildman–Crippen MR) is 74.9 cm³/mol. The zero-order chi connectivity index (χ0) is 14.0. The summed E-state index contributed by atoms with van der Waals surface area (Å²) in [6.45, 7) is 3.99. The summed E-state index contributed by atoms with van der Waals surface area (Å²) in [7, 11) is 1.82. The number of carboxylic acid groups (broad SMARTS) is 1. The Labute approximate surface area is 112 Å². The monoisotopic (exact) mass is 258 g/mol. The SMILES string of the molecule is CN(Cc1ccnc2ccccc12)C(C)(C)C(=O)O. The molecular formula is C15H18N2O2. The summed E-state index contributed by atoms with van der Waals surface area (Å²) in [6.07, 6.45) is 1.76. The third-order valence-corrected chi connectivity index (χ3v) is 3.62. The van der Waals surface area contributed by atoms with Crippen LogP contribution in [0.1, 0.15) is 19.4 Å². The lowest BCUT2D eigenvalue weighted by molar-refractivity contribution is -0.148. The van der Waals surface area contributed by atoms with Crippen molar-refractivity contribution < 1.29 is 9.90 Å². The van der Waals surface area contributed by atoms with E-state index in [1.807, 2.05) is 42.3 Å². The summed E-state index contributed by atoms with van der Waals surface area (Å²) in [5.41, 5.74) is 1.12. The lowest BCUT2D eigenvalue weighted by Gasteiger charge is -2.31. The minimum absolute atomic E-state index is 0.572. The number of rotatable bonds is 4. The van der Waals surface area contributed by atoms with Crippen LogP contribution in [0.5, 0.6) is 0 Å². The quantitative estimate of drug-likeness (QED) is 0.915. The van der Waals surface area contributed by atoms with Crippen LogP contribution in [0.25, 0.3) is 10.9 Å². The van der Waals surface area contributed by atoms with E-state index < -0.39 is 11.5 Å². The van der Waals surface area contributed by atoms with E-state index in [4.69, 9.17) is 0 Å². The molecule has 0 aliphatic heterocycles. The second kappa shape index (κ2) is 4.97. The number of carboxylic acids is 1. The molecular weight excluding hydrogens is 240 g/mol. The van der Waals surface area contributed by atoms with Gasteiger partial charge in [0.05, 0.1) is 5.52 Å². The van der Waals surface area contributed by atoms with Crippen molar-refractivity contribution in [3.63, 3.8) is 0 Å². The summed E-state index contributed by atoms with van der Waals surface area (Å²) < 4.78 is 0. The second-order valence-electron chi connectivity index (χ2n) is 5.21. The Morgan fingerprint density at radius 2 is 2.00 bits per heavy atom. The number of aliphatic carboxylic acids is 1. The Morgan fingerprint density at radius 3 is 2.68 bits per heavy atom. The van der Waals surface area contributed by atoms with Crippen LogP contribution in [0.2, 0.25) is 0 Å². The van der Waals surface area contributed by atoms with Crippen LogP contribution >= 0.6 is 0 Å². The molecule has 1 heterocycles. The summed E-state index contributed by atoms with van der Waals surface area (Å²) in [4.78, 5) is 17.4. The Morgan fingerprint density at radius 1 is 1.32 bits per heavy atom. The van der Waals surface area contributed by atoms with Crippen LogP contribution in [0, 0.1) is 0 Å². The third kappa shape index (κ3) is 2.58. The predicted octanol–water partition coefficient (Wildman–Crippen LogP) is 2.53. The maximum absolute atomic E-state index is 11.3. The topological polar surface area (TPSA) is 53.4 Å². The molecule has 100 valence electrons. The Hall–Kier alpha value is -1.94. The molecule has 0 bridgehead atoms. The van der Waals surface area contributed by atoms with E-state index in [0.717, 1.165) is 16.5 Å². The van der Waals surface area contributed by atoms with E-state index in [2.05, 4.69) is 4.98 Å². The Balaban J connectivity index is 2.34. The molecule has 4 nitrogen and oxygen atoms in total. The number of aromatic nitrogens is 1. The van der Waals surface area contributed by atoms with Crippen LogP contribution in [-0.2, 0) is 11.3 Å². The average Bonchev–Trinajstić information content (AvgIpc) is 2.39. The number of hydrogen-bond acceptors (Lipinski definition) is 3. The molecule has 0 radical (unpaired) electrons. The van der Waals surface area contributed by atoms with Crippen molar-refractivity contribution in [3.05, 3.63) is 42.1 Å². The maximum Gasteiger partial charge on any atom is 0.323 e. The first kappa shape index (κ1) is 13.5. The van der Waals surface area contributed by atoms with Gasteiger partial charge in [0.25, 0.3) is 0 Å². The number of para-hydroxylation sites is 1. The smallest absolute Gasteiger partial charge is 0.323 e. The first-order valence-corrected chi connectivity index (χ1v) is 6.20. The molecule has 0 saturated heterocycles. The van der Waals surface area contributed by atoms with Crippen molar-refractivity contribution in [2.75, 3.05) is 7.05 Å².